The SMILES string of the molecule is CCNC(=NCC1(CCOCC)CCCC1)NCCC(=O)NC1CCCCC1.I. The van der Waals surface area contributed by atoms with Gasteiger partial charge in [-0.1, -0.05) is 32.1 Å². The molecule has 29 heavy (non-hydrogen) atoms. The second kappa shape index (κ2) is 15.3. The molecule has 0 aromatic heterocycles. The third-order valence-corrected chi connectivity index (χ3v) is 6.18. The van der Waals surface area contributed by atoms with E-state index in [1.54, 1.807) is 0 Å². The summed E-state index contributed by atoms with van der Waals surface area (Å²) in [6.45, 7) is 8.03. The second-order valence-corrected chi connectivity index (χ2v) is 8.43. The third-order valence-electron chi connectivity index (χ3n) is 6.18. The average Bonchev–Trinajstić information content (AvgIpc) is 3.16. The van der Waals surface area contributed by atoms with Crippen LogP contribution in [0.15, 0.2) is 4.99 Å². The maximum atomic E-state index is 12.2. The van der Waals surface area contributed by atoms with Crippen molar-refractivity contribution in [1.29, 1.82) is 0 Å². The van der Waals surface area contributed by atoms with Gasteiger partial charge in [-0.15, -0.1) is 24.0 Å². The summed E-state index contributed by atoms with van der Waals surface area (Å²) in [5, 5.41) is 9.85. The van der Waals surface area contributed by atoms with Crippen LogP contribution in [0.2, 0.25) is 0 Å². The Kier molecular flexibility index (Phi) is 13.9. The lowest BCUT2D eigenvalue weighted by molar-refractivity contribution is -0.121. The molecular weight excluding hydrogens is 479 g/mol. The Morgan fingerprint density at radius 3 is 2.45 bits per heavy atom. The summed E-state index contributed by atoms with van der Waals surface area (Å²) in [5.74, 6) is 0.981. The molecule has 2 rings (SSSR count). The van der Waals surface area contributed by atoms with Gasteiger partial charge >= 0.3 is 0 Å². The van der Waals surface area contributed by atoms with Gasteiger partial charge in [0.05, 0.1) is 0 Å². The predicted molar refractivity (Wildman–Crippen MR) is 131 cm³/mol. The fraction of sp³-hybridized carbons (Fsp3) is 0.909. The number of rotatable bonds is 11. The van der Waals surface area contributed by atoms with E-state index in [0.29, 0.717) is 19.0 Å². The summed E-state index contributed by atoms with van der Waals surface area (Å²) in [6, 6.07) is 0.385. The number of aliphatic imine (C=N–C) groups is 1. The van der Waals surface area contributed by atoms with E-state index in [0.717, 1.165) is 51.5 Å². The number of ether oxygens (including phenoxy) is 1. The van der Waals surface area contributed by atoms with Crippen molar-refractivity contribution in [3.8, 4) is 0 Å². The minimum Gasteiger partial charge on any atom is -0.382 e. The highest BCUT2D eigenvalue weighted by Gasteiger charge is 2.33. The Hall–Kier alpha value is -0.570. The Labute approximate surface area is 194 Å². The zero-order chi connectivity index (χ0) is 20.1. The van der Waals surface area contributed by atoms with Crippen molar-refractivity contribution in [3.63, 3.8) is 0 Å². The molecule has 0 atom stereocenters. The Balaban J connectivity index is 0.00000420. The third kappa shape index (κ3) is 10.3. The Morgan fingerprint density at radius 2 is 1.79 bits per heavy atom. The molecule has 0 spiro atoms. The van der Waals surface area contributed by atoms with Crippen LogP contribution in [0.4, 0.5) is 0 Å². The van der Waals surface area contributed by atoms with Gasteiger partial charge in [0.1, 0.15) is 0 Å². The van der Waals surface area contributed by atoms with Crippen LogP contribution in [0.1, 0.15) is 84.5 Å². The second-order valence-electron chi connectivity index (χ2n) is 8.43. The summed E-state index contributed by atoms with van der Waals surface area (Å²) in [6.07, 6.45) is 12.7. The molecule has 0 heterocycles. The molecule has 0 aromatic rings. The largest absolute Gasteiger partial charge is 0.382 e. The summed E-state index contributed by atoms with van der Waals surface area (Å²) in [7, 11) is 0. The van der Waals surface area contributed by atoms with Crippen LogP contribution in [0.25, 0.3) is 0 Å². The lowest BCUT2D eigenvalue weighted by Crippen LogP contribution is -2.41. The molecule has 2 fully saturated rings. The summed E-state index contributed by atoms with van der Waals surface area (Å²) in [5.41, 5.74) is 0.288. The van der Waals surface area contributed by atoms with Crippen LogP contribution in [-0.2, 0) is 9.53 Å². The molecule has 0 bridgehead atoms. The number of hydrogen-bond acceptors (Lipinski definition) is 3. The van der Waals surface area contributed by atoms with Gasteiger partial charge in [0, 0.05) is 45.3 Å². The molecule has 0 aliphatic heterocycles. The van der Waals surface area contributed by atoms with E-state index in [9.17, 15) is 4.79 Å². The van der Waals surface area contributed by atoms with E-state index in [1.807, 2.05) is 0 Å². The Morgan fingerprint density at radius 1 is 1.07 bits per heavy atom. The lowest BCUT2D eigenvalue weighted by atomic mass is 9.83. The van der Waals surface area contributed by atoms with E-state index >= 15 is 0 Å². The van der Waals surface area contributed by atoms with Crippen LogP contribution in [0.3, 0.4) is 0 Å². The number of halogens is 1. The molecule has 0 unspecified atom stereocenters. The van der Waals surface area contributed by atoms with Crippen molar-refractivity contribution >= 4 is 35.8 Å². The molecule has 7 heteroatoms. The van der Waals surface area contributed by atoms with E-state index in [4.69, 9.17) is 9.73 Å². The number of carbonyl (C=O) groups is 1. The molecule has 0 radical (unpaired) electrons. The van der Waals surface area contributed by atoms with Crippen LogP contribution in [0, 0.1) is 5.41 Å². The molecule has 2 aliphatic carbocycles. The van der Waals surface area contributed by atoms with Crippen molar-refractivity contribution in [3.05, 3.63) is 0 Å². The van der Waals surface area contributed by atoms with E-state index in [2.05, 4.69) is 29.8 Å². The highest BCUT2D eigenvalue weighted by atomic mass is 127. The first kappa shape index (κ1) is 26.5. The summed E-state index contributed by atoms with van der Waals surface area (Å²) in [4.78, 5) is 17.1. The molecule has 170 valence electrons. The number of hydrogen-bond donors (Lipinski definition) is 3. The Bertz CT molecular complexity index is 475. The fourth-order valence-electron chi connectivity index (χ4n) is 4.47. The van der Waals surface area contributed by atoms with Crippen molar-refractivity contribution in [2.24, 2.45) is 10.4 Å². The molecule has 1 amide bonds. The minimum atomic E-state index is 0. The standard InChI is InChI=1S/C22H42N4O2.HI/c1-3-23-21(24-16-12-20(27)26-19-10-6-5-7-11-19)25-18-22(13-8-9-14-22)15-17-28-4-2;/h19H,3-18H2,1-2H3,(H,26,27)(H2,23,24,25);1H. The number of nitrogens with one attached hydrogen (secondary N) is 3. The van der Waals surface area contributed by atoms with Gasteiger partial charge in [-0.3, -0.25) is 9.79 Å². The molecule has 6 nitrogen and oxygen atoms in total. The zero-order valence-electron chi connectivity index (χ0n) is 18.6. The van der Waals surface area contributed by atoms with E-state index in [1.165, 1.54) is 44.9 Å². The molecule has 3 N–H and O–H groups in total. The summed E-state index contributed by atoms with van der Waals surface area (Å²) >= 11 is 0. The highest BCUT2D eigenvalue weighted by molar-refractivity contribution is 14.0. The topological polar surface area (TPSA) is 74.8 Å². The smallest absolute Gasteiger partial charge is 0.221 e. The van der Waals surface area contributed by atoms with Crippen molar-refractivity contribution in [1.82, 2.24) is 16.0 Å². The van der Waals surface area contributed by atoms with Crippen LogP contribution in [-0.4, -0.2) is 50.8 Å². The van der Waals surface area contributed by atoms with Gasteiger partial charge in [0.25, 0.3) is 0 Å². The molecule has 0 saturated heterocycles. The van der Waals surface area contributed by atoms with Crippen molar-refractivity contribution < 1.29 is 9.53 Å². The minimum absolute atomic E-state index is 0. The normalized spacial score (nSPS) is 19.4. The number of amides is 1. The van der Waals surface area contributed by atoms with Gasteiger partial charge in [-0.2, -0.15) is 0 Å². The molecule has 2 aliphatic rings. The van der Waals surface area contributed by atoms with Gasteiger partial charge in [0.15, 0.2) is 5.96 Å². The van der Waals surface area contributed by atoms with Crippen LogP contribution in [0.5, 0.6) is 0 Å². The predicted octanol–water partition coefficient (Wildman–Crippen LogP) is 3.99. The average molecular weight is 523 g/mol. The molecule has 2 saturated carbocycles. The van der Waals surface area contributed by atoms with Gasteiger partial charge in [-0.05, 0) is 51.4 Å². The first-order valence-electron chi connectivity index (χ1n) is 11.6. The van der Waals surface area contributed by atoms with Crippen molar-refractivity contribution in [2.75, 3.05) is 32.8 Å². The number of carbonyl (C=O) groups excluding carboxylic acids is 1. The quantitative estimate of drug-likeness (QED) is 0.166. The van der Waals surface area contributed by atoms with E-state index < -0.39 is 0 Å². The van der Waals surface area contributed by atoms with Crippen LogP contribution < -0.4 is 16.0 Å². The number of guanidine groups is 1. The van der Waals surface area contributed by atoms with Gasteiger partial charge < -0.3 is 20.7 Å². The van der Waals surface area contributed by atoms with Gasteiger partial charge in [-0.25, -0.2) is 0 Å². The summed E-state index contributed by atoms with van der Waals surface area (Å²) < 4.78 is 5.60. The molecular formula is C22H43IN4O2. The first-order chi connectivity index (χ1) is 13.7. The lowest BCUT2D eigenvalue weighted by Gasteiger charge is -2.27. The highest BCUT2D eigenvalue weighted by Crippen LogP contribution is 2.41. The number of nitrogens with zero attached hydrogens (tertiary/aromatic N) is 1. The maximum absolute atomic E-state index is 12.2. The molecule has 0 aromatic carbocycles. The zero-order valence-corrected chi connectivity index (χ0v) is 20.9. The van der Waals surface area contributed by atoms with E-state index in [-0.39, 0.29) is 35.3 Å². The maximum Gasteiger partial charge on any atom is 0.221 e. The monoisotopic (exact) mass is 522 g/mol. The van der Waals surface area contributed by atoms with Crippen molar-refractivity contribution in [2.45, 2.75) is 90.5 Å². The van der Waals surface area contributed by atoms with Crippen LogP contribution >= 0.6 is 24.0 Å². The first-order valence-corrected chi connectivity index (χ1v) is 11.6. The fourth-order valence-corrected chi connectivity index (χ4v) is 4.47. The van der Waals surface area contributed by atoms with Gasteiger partial charge in [0.2, 0.25) is 5.91 Å².